The van der Waals surface area contributed by atoms with E-state index >= 15 is 0 Å². The highest BCUT2D eigenvalue weighted by molar-refractivity contribution is 7.88. The molecule has 1 N–H and O–H groups in total. The molecule has 5 nitrogen and oxygen atoms in total. The van der Waals surface area contributed by atoms with E-state index in [1.165, 1.54) is 22.5 Å². The number of halogens is 5. The van der Waals surface area contributed by atoms with Crippen molar-refractivity contribution in [3.63, 3.8) is 0 Å². The molecule has 0 atom stereocenters. The number of hydrogen-bond donors (Lipinski definition) is 1. The summed E-state index contributed by atoms with van der Waals surface area (Å²) in [6.07, 6.45) is -4.22. The lowest BCUT2D eigenvalue weighted by Gasteiger charge is -2.31. The number of rotatable bonds is 5. The van der Waals surface area contributed by atoms with E-state index in [-0.39, 0.29) is 47.4 Å². The molecule has 168 valence electrons. The standard InChI is InChI=1S/C20H19Cl2F3N2O3S/c21-16-5-3-6-17(22)14(16)12-31(29,30)27-10-8-13(9-11-27)19(28)26-18-7-2-1-4-15(18)20(23,24)25/h1-7,13H,8-12H2,(H,26,28). The van der Waals surface area contributed by atoms with Crippen LogP contribution < -0.4 is 5.32 Å². The Balaban J connectivity index is 1.64. The van der Waals surface area contributed by atoms with Crippen LogP contribution in [0.3, 0.4) is 0 Å². The van der Waals surface area contributed by atoms with Crippen molar-refractivity contribution in [1.82, 2.24) is 4.31 Å². The molecule has 2 aromatic rings. The monoisotopic (exact) mass is 494 g/mol. The van der Waals surface area contributed by atoms with Gasteiger partial charge in [0.05, 0.1) is 17.0 Å². The van der Waals surface area contributed by atoms with Gasteiger partial charge in [0.25, 0.3) is 0 Å². The number of amides is 1. The smallest absolute Gasteiger partial charge is 0.325 e. The Bertz CT molecular complexity index is 1050. The minimum Gasteiger partial charge on any atom is -0.325 e. The predicted molar refractivity (Wildman–Crippen MR) is 113 cm³/mol. The molecule has 0 saturated carbocycles. The normalized spacial score (nSPS) is 16.3. The molecular formula is C20H19Cl2F3N2O3S. The van der Waals surface area contributed by atoms with E-state index in [2.05, 4.69) is 5.32 Å². The number of carbonyl (C=O) groups is 1. The first-order chi connectivity index (χ1) is 14.5. The fourth-order valence-corrected chi connectivity index (χ4v) is 5.73. The summed E-state index contributed by atoms with van der Waals surface area (Å²) in [5, 5.41) is 2.82. The van der Waals surface area contributed by atoms with Gasteiger partial charge in [-0.25, -0.2) is 12.7 Å². The Morgan fingerprint density at radius 1 is 1.03 bits per heavy atom. The molecule has 0 unspecified atom stereocenters. The summed E-state index contributed by atoms with van der Waals surface area (Å²) in [4.78, 5) is 12.5. The van der Waals surface area contributed by atoms with Crippen LogP contribution in [0.5, 0.6) is 0 Å². The number of sulfonamides is 1. The quantitative estimate of drug-likeness (QED) is 0.621. The van der Waals surface area contributed by atoms with Crippen LogP contribution in [0.25, 0.3) is 0 Å². The summed E-state index contributed by atoms with van der Waals surface area (Å²) in [5.74, 6) is -1.54. The lowest BCUT2D eigenvalue weighted by Crippen LogP contribution is -2.42. The van der Waals surface area contributed by atoms with Gasteiger partial charge in [-0.1, -0.05) is 41.4 Å². The van der Waals surface area contributed by atoms with E-state index in [9.17, 15) is 26.4 Å². The van der Waals surface area contributed by atoms with Gasteiger partial charge in [0.2, 0.25) is 15.9 Å². The Hall–Kier alpha value is -1.81. The van der Waals surface area contributed by atoms with Gasteiger partial charge in [-0.15, -0.1) is 0 Å². The first-order valence-electron chi connectivity index (χ1n) is 9.37. The molecule has 3 rings (SSSR count). The maximum atomic E-state index is 13.1. The molecule has 1 aliphatic heterocycles. The van der Waals surface area contributed by atoms with Crippen LogP contribution in [0.2, 0.25) is 10.0 Å². The van der Waals surface area contributed by atoms with E-state index in [0.717, 1.165) is 6.07 Å². The third kappa shape index (κ3) is 5.71. The number of nitrogens with zero attached hydrogens (tertiary/aromatic N) is 1. The fraction of sp³-hybridized carbons (Fsp3) is 0.350. The largest absolute Gasteiger partial charge is 0.418 e. The van der Waals surface area contributed by atoms with Crippen molar-refractivity contribution in [2.24, 2.45) is 5.92 Å². The Labute approximate surface area is 188 Å². The molecule has 0 spiro atoms. The van der Waals surface area contributed by atoms with Crippen molar-refractivity contribution in [3.05, 3.63) is 63.6 Å². The van der Waals surface area contributed by atoms with Crippen molar-refractivity contribution >= 4 is 44.8 Å². The molecule has 2 aromatic carbocycles. The molecule has 1 aliphatic rings. The molecule has 0 aromatic heterocycles. The fourth-order valence-electron chi connectivity index (χ4n) is 3.41. The maximum absolute atomic E-state index is 13.1. The van der Waals surface area contributed by atoms with Crippen LogP contribution in [0, 0.1) is 5.92 Å². The number of para-hydroxylation sites is 1. The van der Waals surface area contributed by atoms with Crippen LogP contribution in [0.4, 0.5) is 18.9 Å². The zero-order valence-corrected chi connectivity index (χ0v) is 18.5. The zero-order valence-electron chi connectivity index (χ0n) is 16.1. The number of hydrogen-bond acceptors (Lipinski definition) is 3. The van der Waals surface area contributed by atoms with Gasteiger partial charge in [0.15, 0.2) is 0 Å². The molecule has 1 heterocycles. The van der Waals surface area contributed by atoms with E-state index < -0.39 is 33.6 Å². The highest BCUT2D eigenvalue weighted by atomic mass is 35.5. The number of anilines is 1. The molecule has 1 amide bonds. The highest BCUT2D eigenvalue weighted by Crippen LogP contribution is 2.35. The summed E-state index contributed by atoms with van der Waals surface area (Å²) in [6.45, 7) is 0.146. The van der Waals surface area contributed by atoms with Crippen LogP contribution >= 0.6 is 23.2 Å². The molecule has 0 bridgehead atoms. The second kappa shape index (κ2) is 9.36. The maximum Gasteiger partial charge on any atom is 0.418 e. The van der Waals surface area contributed by atoms with Crippen molar-refractivity contribution in [1.29, 1.82) is 0 Å². The number of benzene rings is 2. The number of alkyl halides is 3. The topological polar surface area (TPSA) is 66.5 Å². The van der Waals surface area contributed by atoms with Crippen molar-refractivity contribution in [2.75, 3.05) is 18.4 Å². The van der Waals surface area contributed by atoms with Crippen molar-refractivity contribution < 1.29 is 26.4 Å². The highest BCUT2D eigenvalue weighted by Gasteiger charge is 2.35. The second-order valence-electron chi connectivity index (χ2n) is 7.16. The predicted octanol–water partition coefficient (Wildman–Crippen LogP) is 5.19. The van der Waals surface area contributed by atoms with Gasteiger partial charge in [0, 0.05) is 34.6 Å². The summed E-state index contributed by atoms with van der Waals surface area (Å²) in [6, 6.07) is 9.44. The number of piperidine rings is 1. The average Bonchev–Trinajstić information content (AvgIpc) is 2.70. The van der Waals surface area contributed by atoms with Gasteiger partial charge in [-0.05, 0) is 37.1 Å². The number of nitrogens with one attached hydrogen (secondary N) is 1. The van der Waals surface area contributed by atoms with Crippen LogP contribution in [-0.2, 0) is 26.7 Å². The average molecular weight is 495 g/mol. The third-order valence-electron chi connectivity index (χ3n) is 5.10. The van der Waals surface area contributed by atoms with Crippen molar-refractivity contribution in [3.8, 4) is 0 Å². The Morgan fingerprint density at radius 2 is 1.61 bits per heavy atom. The van der Waals surface area contributed by atoms with Crippen LogP contribution in [0.15, 0.2) is 42.5 Å². The van der Waals surface area contributed by atoms with Gasteiger partial charge in [0.1, 0.15) is 0 Å². The van der Waals surface area contributed by atoms with Gasteiger partial charge < -0.3 is 5.32 Å². The summed E-state index contributed by atoms with van der Waals surface area (Å²) < 4.78 is 66.1. The second-order valence-corrected chi connectivity index (χ2v) is 9.95. The van der Waals surface area contributed by atoms with Crippen molar-refractivity contribution in [2.45, 2.75) is 24.8 Å². The first-order valence-corrected chi connectivity index (χ1v) is 11.7. The molecule has 0 radical (unpaired) electrons. The van der Waals surface area contributed by atoms with Gasteiger partial charge >= 0.3 is 6.18 Å². The van der Waals surface area contributed by atoms with E-state index in [1.807, 2.05) is 0 Å². The molecular weight excluding hydrogens is 476 g/mol. The summed E-state index contributed by atoms with van der Waals surface area (Å²) in [7, 11) is -3.73. The lowest BCUT2D eigenvalue weighted by molar-refractivity contribution is -0.137. The SMILES string of the molecule is O=C(Nc1ccccc1C(F)(F)F)C1CCN(S(=O)(=O)Cc2c(Cl)cccc2Cl)CC1. The number of carbonyl (C=O) groups excluding carboxylic acids is 1. The molecule has 11 heteroatoms. The summed E-state index contributed by atoms with van der Waals surface area (Å²) in [5.41, 5.74) is -0.946. The molecule has 1 saturated heterocycles. The minimum absolute atomic E-state index is 0.0728. The van der Waals surface area contributed by atoms with E-state index in [0.29, 0.717) is 5.56 Å². The van der Waals surface area contributed by atoms with E-state index in [1.54, 1.807) is 18.2 Å². The first kappa shape index (κ1) is 23.8. The Kier molecular flexibility index (Phi) is 7.20. The van der Waals surface area contributed by atoms with E-state index in [4.69, 9.17) is 23.2 Å². The van der Waals surface area contributed by atoms with Gasteiger partial charge in [-0.3, -0.25) is 4.79 Å². The van der Waals surface area contributed by atoms with Gasteiger partial charge in [-0.2, -0.15) is 13.2 Å². The Morgan fingerprint density at radius 3 is 2.19 bits per heavy atom. The third-order valence-corrected chi connectivity index (χ3v) is 7.61. The zero-order chi connectivity index (χ0) is 22.8. The minimum atomic E-state index is -4.60. The molecule has 1 fully saturated rings. The summed E-state index contributed by atoms with van der Waals surface area (Å²) >= 11 is 12.1. The van der Waals surface area contributed by atoms with Crippen LogP contribution in [-0.4, -0.2) is 31.7 Å². The molecule has 0 aliphatic carbocycles. The lowest BCUT2D eigenvalue weighted by atomic mass is 9.97. The molecule has 31 heavy (non-hydrogen) atoms. The van der Waals surface area contributed by atoms with Crippen LogP contribution in [0.1, 0.15) is 24.0 Å².